The molecule has 0 aromatic heterocycles. The SMILES string of the molecule is COC(CC(CN)N(C)c1ccc(C)cc1)OC. The van der Waals surface area contributed by atoms with Gasteiger partial charge in [0, 0.05) is 46.0 Å². The molecule has 0 spiro atoms. The fourth-order valence-corrected chi connectivity index (χ4v) is 1.91. The van der Waals surface area contributed by atoms with Crippen molar-refractivity contribution in [3.8, 4) is 0 Å². The molecule has 0 bridgehead atoms. The molecule has 0 aliphatic carbocycles. The predicted molar refractivity (Wildman–Crippen MR) is 74.8 cm³/mol. The highest BCUT2D eigenvalue weighted by molar-refractivity contribution is 5.47. The van der Waals surface area contributed by atoms with Crippen molar-refractivity contribution in [1.29, 1.82) is 0 Å². The second-order valence-electron chi connectivity index (χ2n) is 4.47. The molecule has 1 unspecified atom stereocenters. The van der Waals surface area contributed by atoms with Crippen LogP contribution in [0.4, 0.5) is 5.69 Å². The van der Waals surface area contributed by atoms with Crippen LogP contribution < -0.4 is 10.6 Å². The topological polar surface area (TPSA) is 47.7 Å². The summed E-state index contributed by atoms with van der Waals surface area (Å²) >= 11 is 0. The lowest BCUT2D eigenvalue weighted by Gasteiger charge is -2.31. The van der Waals surface area contributed by atoms with Gasteiger partial charge >= 0.3 is 0 Å². The molecule has 0 amide bonds. The van der Waals surface area contributed by atoms with E-state index in [2.05, 4.69) is 36.1 Å². The van der Waals surface area contributed by atoms with Gasteiger partial charge in [-0.2, -0.15) is 0 Å². The summed E-state index contributed by atoms with van der Waals surface area (Å²) in [6.45, 7) is 2.64. The van der Waals surface area contributed by atoms with Gasteiger partial charge in [0.05, 0.1) is 0 Å². The monoisotopic (exact) mass is 252 g/mol. The summed E-state index contributed by atoms with van der Waals surface area (Å²) in [5.74, 6) is 0. The minimum Gasteiger partial charge on any atom is -0.370 e. The zero-order valence-electron chi connectivity index (χ0n) is 11.7. The molecule has 102 valence electrons. The van der Waals surface area contributed by atoms with Crippen LogP contribution in [0.5, 0.6) is 0 Å². The van der Waals surface area contributed by atoms with Crippen LogP contribution in [-0.4, -0.2) is 40.1 Å². The number of likely N-dealkylation sites (N-methyl/N-ethyl adjacent to an activating group) is 1. The summed E-state index contributed by atoms with van der Waals surface area (Å²) in [5, 5.41) is 0. The van der Waals surface area contributed by atoms with E-state index in [0.29, 0.717) is 6.54 Å². The molecule has 4 heteroatoms. The van der Waals surface area contributed by atoms with Crippen molar-refractivity contribution < 1.29 is 9.47 Å². The Kier molecular flexibility index (Phi) is 6.12. The highest BCUT2D eigenvalue weighted by Crippen LogP contribution is 2.18. The maximum absolute atomic E-state index is 5.85. The Balaban J connectivity index is 2.72. The van der Waals surface area contributed by atoms with Gasteiger partial charge < -0.3 is 20.1 Å². The molecule has 18 heavy (non-hydrogen) atoms. The number of hydrogen-bond acceptors (Lipinski definition) is 4. The summed E-state index contributed by atoms with van der Waals surface area (Å²) in [4.78, 5) is 2.17. The Bertz CT molecular complexity index is 336. The Morgan fingerprint density at radius 1 is 1.17 bits per heavy atom. The predicted octanol–water partition coefficient (Wildman–Crippen LogP) is 1.77. The number of benzene rings is 1. The quantitative estimate of drug-likeness (QED) is 0.751. The lowest BCUT2D eigenvalue weighted by molar-refractivity contribution is -0.108. The molecule has 1 aromatic rings. The molecule has 2 N–H and O–H groups in total. The average molecular weight is 252 g/mol. The van der Waals surface area contributed by atoms with E-state index in [0.717, 1.165) is 12.1 Å². The molecule has 1 rings (SSSR count). The van der Waals surface area contributed by atoms with E-state index < -0.39 is 0 Å². The smallest absolute Gasteiger partial charge is 0.158 e. The third-order valence-corrected chi connectivity index (χ3v) is 3.25. The van der Waals surface area contributed by atoms with E-state index >= 15 is 0 Å². The lowest BCUT2D eigenvalue weighted by atomic mass is 10.1. The average Bonchev–Trinajstić information content (AvgIpc) is 2.40. The maximum atomic E-state index is 5.85. The molecule has 4 nitrogen and oxygen atoms in total. The van der Waals surface area contributed by atoms with Gasteiger partial charge in [-0.1, -0.05) is 17.7 Å². The van der Waals surface area contributed by atoms with Crippen molar-refractivity contribution in [3.63, 3.8) is 0 Å². The Labute approximate surface area is 110 Å². The second-order valence-corrected chi connectivity index (χ2v) is 4.47. The number of methoxy groups -OCH3 is 2. The van der Waals surface area contributed by atoms with Crippen LogP contribution in [0, 0.1) is 6.92 Å². The standard InChI is InChI=1S/C14H24N2O2/c1-11-5-7-12(8-6-11)16(2)13(10-15)9-14(17-3)18-4/h5-8,13-14H,9-10,15H2,1-4H3. The van der Waals surface area contributed by atoms with Crippen molar-refractivity contribution in [2.45, 2.75) is 25.7 Å². The molecule has 0 heterocycles. The third kappa shape index (κ3) is 3.98. The van der Waals surface area contributed by atoms with Gasteiger partial charge in [0.1, 0.15) is 0 Å². The van der Waals surface area contributed by atoms with Crippen molar-refractivity contribution in [2.24, 2.45) is 5.73 Å². The van der Waals surface area contributed by atoms with Gasteiger partial charge in [0.2, 0.25) is 0 Å². The second kappa shape index (κ2) is 7.36. The first-order valence-corrected chi connectivity index (χ1v) is 6.17. The van der Waals surface area contributed by atoms with E-state index in [-0.39, 0.29) is 12.3 Å². The van der Waals surface area contributed by atoms with Gasteiger partial charge in [-0.3, -0.25) is 0 Å². The molecule has 0 aliphatic rings. The van der Waals surface area contributed by atoms with Gasteiger partial charge in [0.15, 0.2) is 6.29 Å². The van der Waals surface area contributed by atoms with Crippen molar-refractivity contribution >= 4 is 5.69 Å². The highest BCUT2D eigenvalue weighted by Gasteiger charge is 2.19. The van der Waals surface area contributed by atoms with E-state index in [1.807, 2.05) is 7.05 Å². The number of rotatable bonds is 7. The van der Waals surface area contributed by atoms with Crippen LogP contribution in [-0.2, 0) is 9.47 Å². The Morgan fingerprint density at radius 2 is 1.72 bits per heavy atom. The normalized spacial score (nSPS) is 12.8. The van der Waals surface area contributed by atoms with Crippen LogP contribution in [0.2, 0.25) is 0 Å². The summed E-state index contributed by atoms with van der Waals surface area (Å²) in [5.41, 5.74) is 8.25. The van der Waals surface area contributed by atoms with Crippen molar-refractivity contribution in [2.75, 3.05) is 32.7 Å². The first-order valence-electron chi connectivity index (χ1n) is 6.17. The maximum Gasteiger partial charge on any atom is 0.158 e. The zero-order chi connectivity index (χ0) is 13.5. The first kappa shape index (κ1) is 15.0. The number of nitrogens with two attached hydrogens (primary N) is 1. The minimum atomic E-state index is -0.216. The van der Waals surface area contributed by atoms with E-state index in [4.69, 9.17) is 15.2 Å². The molecular formula is C14H24N2O2. The summed E-state index contributed by atoms with van der Waals surface area (Å²) in [7, 11) is 5.34. The number of ether oxygens (including phenoxy) is 2. The number of anilines is 1. The molecule has 0 saturated carbocycles. The third-order valence-electron chi connectivity index (χ3n) is 3.25. The van der Waals surface area contributed by atoms with Crippen LogP contribution in [0.1, 0.15) is 12.0 Å². The summed E-state index contributed by atoms with van der Waals surface area (Å²) in [6, 6.07) is 8.60. The Hall–Kier alpha value is -1.10. The summed E-state index contributed by atoms with van der Waals surface area (Å²) < 4.78 is 10.5. The van der Waals surface area contributed by atoms with Gasteiger partial charge in [-0.05, 0) is 19.1 Å². The lowest BCUT2D eigenvalue weighted by Crippen LogP contribution is -2.41. The van der Waals surface area contributed by atoms with Crippen LogP contribution in [0.25, 0.3) is 0 Å². The van der Waals surface area contributed by atoms with Crippen LogP contribution >= 0.6 is 0 Å². The molecule has 1 atom stereocenters. The Morgan fingerprint density at radius 3 is 2.17 bits per heavy atom. The summed E-state index contributed by atoms with van der Waals surface area (Å²) in [6.07, 6.45) is 0.528. The minimum absolute atomic E-state index is 0.192. The number of aryl methyl sites for hydroxylation is 1. The van der Waals surface area contributed by atoms with Crippen LogP contribution in [0.15, 0.2) is 24.3 Å². The van der Waals surface area contributed by atoms with Gasteiger partial charge in [0.25, 0.3) is 0 Å². The molecule has 1 aromatic carbocycles. The number of nitrogens with zero attached hydrogens (tertiary/aromatic N) is 1. The fourth-order valence-electron chi connectivity index (χ4n) is 1.91. The van der Waals surface area contributed by atoms with Gasteiger partial charge in [-0.15, -0.1) is 0 Å². The molecule has 0 saturated heterocycles. The van der Waals surface area contributed by atoms with Crippen molar-refractivity contribution in [3.05, 3.63) is 29.8 Å². The largest absolute Gasteiger partial charge is 0.370 e. The van der Waals surface area contributed by atoms with E-state index in [1.54, 1.807) is 14.2 Å². The molecule has 0 aliphatic heterocycles. The van der Waals surface area contributed by atoms with Gasteiger partial charge in [-0.25, -0.2) is 0 Å². The van der Waals surface area contributed by atoms with E-state index in [1.165, 1.54) is 5.56 Å². The molecule has 0 radical (unpaired) electrons. The first-order chi connectivity index (χ1) is 8.62. The number of hydrogen-bond donors (Lipinski definition) is 1. The van der Waals surface area contributed by atoms with Crippen LogP contribution in [0.3, 0.4) is 0 Å². The zero-order valence-corrected chi connectivity index (χ0v) is 11.7. The highest BCUT2D eigenvalue weighted by atomic mass is 16.7. The molecule has 0 fully saturated rings. The molecular weight excluding hydrogens is 228 g/mol. The van der Waals surface area contributed by atoms with Crippen molar-refractivity contribution in [1.82, 2.24) is 0 Å². The fraction of sp³-hybridized carbons (Fsp3) is 0.571. The van der Waals surface area contributed by atoms with E-state index in [9.17, 15) is 0 Å².